The molecule has 21 heavy (non-hydrogen) atoms. The first kappa shape index (κ1) is 13.8. The maximum absolute atomic E-state index is 4.57. The van der Waals surface area contributed by atoms with Crippen LogP contribution < -0.4 is 5.32 Å². The first-order chi connectivity index (χ1) is 10.1. The monoisotopic (exact) mass is 299 g/mol. The van der Waals surface area contributed by atoms with Gasteiger partial charge in [-0.15, -0.1) is 11.3 Å². The molecule has 1 N–H and O–H groups in total. The second-order valence-electron chi connectivity index (χ2n) is 4.93. The second kappa shape index (κ2) is 5.65. The summed E-state index contributed by atoms with van der Waals surface area (Å²) in [5, 5.41) is 7.62. The van der Waals surface area contributed by atoms with E-state index in [9.17, 15) is 0 Å². The molecule has 3 heterocycles. The van der Waals surface area contributed by atoms with Crippen LogP contribution in [0.3, 0.4) is 0 Å². The van der Waals surface area contributed by atoms with E-state index >= 15 is 0 Å². The van der Waals surface area contributed by atoms with Gasteiger partial charge in [0, 0.05) is 34.8 Å². The molecule has 0 aliphatic carbocycles. The summed E-state index contributed by atoms with van der Waals surface area (Å²) in [7, 11) is 1.91. The van der Waals surface area contributed by atoms with E-state index in [-0.39, 0.29) is 0 Å². The van der Waals surface area contributed by atoms with Crippen molar-refractivity contribution in [2.45, 2.75) is 20.4 Å². The Hall–Kier alpha value is -2.21. The summed E-state index contributed by atoms with van der Waals surface area (Å²) in [4.78, 5) is 11.4. The minimum absolute atomic E-state index is 0.641. The Morgan fingerprint density at radius 1 is 1.24 bits per heavy atom. The van der Waals surface area contributed by atoms with Gasteiger partial charge in [0.1, 0.15) is 0 Å². The molecule has 0 aliphatic heterocycles. The molecule has 0 amide bonds. The van der Waals surface area contributed by atoms with E-state index < -0.39 is 0 Å². The number of nitrogens with one attached hydrogen (secondary N) is 1. The Kier molecular flexibility index (Phi) is 3.70. The zero-order valence-corrected chi connectivity index (χ0v) is 13.1. The molecule has 6 heteroatoms. The lowest BCUT2D eigenvalue weighted by atomic mass is 10.2. The predicted molar refractivity (Wildman–Crippen MR) is 85.4 cm³/mol. The summed E-state index contributed by atoms with van der Waals surface area (Å²) in [6.07, 6.45) is 3.75. The largest absolute Gasteiger partial charge is 0.349 e. The predicted octanol–water partition coefficient (Wildman–Crippen LogP) is 3.17. The smallest absolute Gasteiger partial charge is 0.223 e. The summed E-state index contributed by atoms with van der Waals surface area (Å²) >= 11 is 1.78. The summed E-state index contributed by atoms with van der Waals surface area (Å²) in [5.41, 5.74) is 2.89. The number of anilines is 1. The topological polar surface area (TPSA) is 55.6 Å². The molecule has 0 aliphatic rings. The molecule has 0 bridgehead atoms. The summed E-state index contributed by atoms with van der Waals surface area (Å²) in [6.45, 7) is 4.84. The van der Waals surface area contributed by atoms with Crippen LogP contribution in [0.25, 0.3) is 11.3 Å². The van der Waals surface area contributed by atoms with Gasteiger partial charge in [-0.3, -0.25) is 4.68 Å². The van der Waals surface area contributed by atoms with Crippen LogP contribution in [0.4, 0.5) is 5.95 Å². The van der Waals surface area contributed by atoms with Crippen molar-refractivity contribution in [3.8, 4) is 11.3 Å². The van der Waals surface area contributed by atoms with Gasteiger partial charge in [0.15, 0.2) is 0 Å². The van der Waals surface area contributed by atoms with Crippen LogP contribution in [-0.4, -0.2) is 19.7 Å². The third-order valence-electron chi connectivity index (χ3n) is 3.16. The molecular weight excluding hydrogens is 282 g/mol. The average Bonchev–Trinajstić information content (AvgIpc) is 3.02. The molecule has 0 radical (unpaired) electrons. The Balaban J connectivity index is 1.78. The molecular formula is C15H17N5S. The van der Waals surface area contributed by atoms with E-state index in [1.165, 1.54) is 9.75 Å². The van der Waals surface area contributed by atoms with Crippen LogP contribution in [0.1, 0.15) is 15.4 Å². The highest BCUT2D eigenvalue weighted by Gasteiger charge is 2.08. The van der Waals surface area contributed by atoms with Crippen molar-refractivity contribution in [2.75, 3.05) is 5.32 Å². The zero-order chi connectivity index (χ0) is 14.8. The molecule has 3 aromatic rings. The lowest BCUT2D eigenvalue weighted by Gasteiger charge is -2.05. The van der Waals surface area contributed by atoms with Crippen molar-refractivity contribution in [2.24, 2.45) is 7.05 Å². The number of aryl methyl sites for hydroxylation is 3. The Morgan fingerprint density at radius 3 is 2.76 bits per heavy atom. The van der Waals surface area contributed by atoms with Gasteiger partial charge in [0.05, 0.1) is 17.9 Å². The minimum Gasteiger partial charge on any atom is -0.349 e. The highest BCUT2D eigenvalue weighted by Crippen LogP contribution is 2.21. The van der Waals surface area contributed by atoms with Crippen LogP contribution in [0.15, 0.2) is 30.6 Å². The first-order valence-corrected chi connectivity index (χ1v) is 7.56. The Bertz CT molecular complexity index is 759. The molecule has 5 nitrogen and oxygen atoms in total. The van der Waals surface area contributed by atoms with E-state index in [1.54, 1.807) is 22.2 Å². The summed E-state index contributed by atoms with van der Waals surface area (Å²) in [5.74, 6) is 0.641. The lowest BCUT2D eigenvalue weighted by molar-refractivity contribution is 0.756. The van der Waals surface area contributed by atoms with Crippen LogP contribution >= 0.6 is 11.3 Å². The van der Waals surface area contributed by atoms with Crippen LogP contribution in [-0.2, 0) is 13.6 Å². The second-order valence-corrected chi connectivity index (χ2v) is 6.31. The van der Waals surface area contributed by atoms with Crippen LogP contribution in [0.5, 0.6) is 0 Å². The lowest BCUT2D eigenvalue weighted by Crippen LogP contribution is -2.02. The number of hydrogen-bond acceptors (Lipinski definition) is 5. The maximum atomic E-state index is 4.57. The SMILES string of the molecule is Cc1ccc(CNc2nccc(-c3cn(C)nc3C)n2)s1. The average molecular weight is 299 g/mol. The van der Waals surface area contributed by atoms with Gasteiger partial charge >= 0.3 is 0 Å². The minimum atomic E-state index is 0.641. The molecule has 0 unspecified atom stereocenters. The van der Waals surface area contributed by atoms with Crippen molar-refractivity contribution in [1.29, 1.82) is 0 Å². The van der Waals surface area contributed by atoms with Crippen molar-refractivity contribution in [1.82, 2.24) is 19.7 Å². The molecule has 0 atom stereocenters. The third kappa shape index (κ3) is 3.11. The van der Waals surface area contributed by atoms with Crippen molar-refractivity contribution in [3.05, 3.63) is 46.0 Å². The van der Waals surface area contributed by atoms with Crippen molar-refractivity contribution in [3.63, 3.8) is 0 Å². The number of thiophene rings is 1. The van der Waals surface area contributed by atoms with Crippen molar-refractivity contribution < 1.29 is 0 Å². The molecule has 108 valence electrons. The summed E-state index contributed by atoms with van der Waals surface area (Å²) in [6, 6.07) is 6.16. The van der Waals surface area contributed by atoms with Gasteiger partial charge in [-0.05, 0) is 32.0 Å². The quantitative estimate of drug-likeness (QED) is 0.804. The fraction of sp³-hybridized carbons (Fsp3) is 0.267. The molecule has 0 fully saturated rings. The van der Waals surface area contributed by atoms with E-state index in [2.05, 4.69) is 39.4 Å². The van der Waals surface area contributed by atoms with Crippen molar-refractivity contribution >= 4 is 17.3 Å². The number of nitrogens with zero attached hydrogens (tertiary/aromatic N) is 4. The van der Waals surface area contributed by atoms with E-state index in [0.717, 1.165) is 23.5 Å². The third-order valence-corrected chi connectivity index (χ3v) is 4.16. The van der Waals surface area contributed by atoms with E-state index in [4.69, 9.17) is 0 Å². The highest BCUT2D eigenvalue weighted by atomic mass is 32.1. The molecule has 0 saturated carbocycles. The standard InChI is InChI=1S/C15H17N5S/c1-10-4-5-12(21-10)8-17-15-16-7-6-14(18-15)13-9-20(3)19-11(13)2/h4-7,9H,8H2,1-3H3,(H,16,17,18). The van der Waals surface area contributed by atoms with Crippen LogP contribution in [0, 0.1) is 13.8 Å². The first-order valence-electron chi connectivity index (χ1n) is 6.74. The van der Waals surface area contributed by atoms with Gasteiger partial charge in [-0.2, -0.15) is 5.10 Å². The normalized spacial score (nSPS) is 10.8. The van der Waals surface area contributed by atoms with E-state index in [0.29, 0.717) is 5.95 Å². The Morgan fingerprint density at radius 2 is 2.10 bits per heavy atom. The molecule has 0 aromatic carbocycles. The van der Waals surface area contributed by atoms with Crippen LogP contribution in [0.2, 0.25) is 0 Å². The molecule has 0 saturated heterocycles. The number of hydrogen-bond donors (Lipinski definition) is 1. The van der Waals surface area contributed by atoms with Gasteiger partial charge in [-0.1, -0.05) is 0 Å². The summed E-state index contributed by atoms with van der Waals surface area (Å²) < 4.78 is 1.80. The molecule has 3 aromatic heterocycles. The van der Waals surface area contributed by atoms with Gasteiger partial charge in [0.2, 0.25) is 5.95 Å². The van der Waals surface area contributed by atoms with E-state index in [1.807, 2.05) is 26.2 Å². The highest BCUT2D eigenvalue weighted by molar-refractivity contribution is 7.11. The number of aromatic nitrogens is 4. The molecule has 0 spiro atoms. The maximum Gasteiger partial charge on any atom is 0.223 e. The van der Waals surface area contributed by atoms with Gasteiger partial charge in [-0.25, -0.2) is 9.97 Å². The Labute approximate surface area is 127 Å². The number of rotatable bonds is 4. The van der Waals surface area contributed by atoms with Gasteiger partial charge < -0.3 is 5.32 Å². The zero-order valence-electron chi connectivity index (χ0n) is 12.3. The fourth-order valence-corrected chi connectivity index (χ4v) is 3.02. The van der Waals surface area contributed by atoms with Gasteiger partial charge in [0.25, 0.3) is 0 Å². The molecule has 3 rings (SSSR count). The fourth-order valence-electron chi connectivity index (χ4n) is 2.19.